The highest BCUT2D eigenvalue weighted by molar-refractivity contribution is 7.89. The Kier molecular flexibility index (Phi) is 6.28. The number of nitrogens with one attached hydrogen (secondary N) is 1. The molecule has 0 spiro atoms. The van der Waals surface area contributed by atoms with E-state index in [-0.39, 0.29) is 16.6 Å². The molecule has 2 rings (SSSR count). The predicted molar refractivity (Wildman–Crippen MR) is 94.8 cm³/mol. The van der Waals surface area contributed by atoms with Crippen LogP contribution in [0.4, 0.5) is 18.9 Å². The molecule has 0 atom stereocenters. The first-order valence-corrected chi connectivity index (χ1v) is 9.12. The molecule has 0 saturated carbocycles. The van der Waals surface area contributed by atoms with E-state index in [9.17, 15) is 21.6 Å². The summed E-state index contributed by atoms with van der Waals surface area (Å²) in [5, 5.41) is 7.76. The number of anilines is 1. The highest BCUT2D eigenvalue weighted by Gasteiger charge is 2.30. The van der Waals surface area contributed by atoms with Crippen molar-refractivity contribution < 1.29 is 26.3 Å². The van der Waals surface area contributed by atoms with Gasteiger partial charge in [-0.3, -0.25) is 4.99 Å². The smallest absolute Gasteiger partial charge is 0.406 e. The zero-order chi connectivity index (χ0) is 20.1. The summed E-state index contributed by atoms with van der Waals surface area (Å²) in [6, 6.07) is 11.1. The van der Waals surface area contributed by atoms with Gasteiger partial charge in [-0.1, -0.05) is 12.1 Å². The van der Waals surface area contributed by atoms with E-state index < -0.39 is 16.4 Å². The molecule has 27 heavy (non-hydrogen) atoms. The maximum Gasteiger partial charge on any atom is 0.573 e. The molecule has 0 aliphatic rings. The van der Waals surface area contributed by atoms with E-state index in [0.717, 1.165) is 17.7 Å². The van der Waals surface area contributed by atoms with Crippen LogP contribution in [0.1, 0.15) is 5.56 Å². The lowest BCUT2D eigenvalue weighted by Crippen LogP contribution is -2.23. The van der Waals surface area contributed by atoms with Gasteiger partial charge in [0.05, 0.1) is 4.90 Å². The Labute approximate surface area is 153 Å². The Bertz CT molecular complexity index is 896. The van der Waals surface area contributed by atoms with Crippen LogP contribution in [0.5, 0.6) is 5.75 Å². The summed E-state index contributed by atoms with van der Waals surface area (Å²) < 4.78 is 62.4. The zero-order valence-electron chi connectivity index (χ0n) is 13.9. The second-order valence-electron chi connectivity index (χ2n) is 5.40. The highest BCUT2D eigenvalue weighted by Crippen LogP contribution is 2.23. The molecule has 0 bridgehead atoms. The lowest BCUT2D eigenvalue weighted by atomic mass is 10.1. The third-order valence-electron chi connectivity index (χ3n) is 3.29. The maximum atomic E-state index is 12.1. The first-order chi connectivity index (χ1) is 12.5. The minimum absolute atomic E-state index is 0.0221. The second kappa shape index (κ2) is 8.27. The number of hydrogen-bond donors (Lipinski definition) is 3. The first kappa shape index (κ1) is 20.5. The number of nitrogens with two attached hydrogens (primary N) is 2. The molecule has 0 radical (unpaired) electrons. The molecule has 0 amide bonds. The van der Waals surface area contributed by atoms with Crippen molar-refractivity contribution in [1.29, 1.82) is 0 Å². The number of alkyl halides is 3. The van der Waals surface area contributed by atoms with Crippen molar-refractivity contribution >= 4 is 21.7 Å². The number of aliphatic imine (C=N–C) groups is 1. The second-order valence-corrected chi connectivity index (χ2v) is 6.96. The van der Waals surface area contributed by atoms with Crippen LogP contribution in [0.25, 0.3) is 0 Å². The van der Waals surface area contributed by atoms with Crippen molar-refractivity contribution in [2.75, 3.05) is 11.9 Å². The average Bonchev–Trinajstić information content (AvgIpc) is 2.55. The number of primary sulfonamides is 1. The summed E-state index contributed by atoms with van der Waals surface area (Å²) in [6.45, 7) is 0.322. The standard InChI is InChI=1S/C16H17F3N4O3S/c17-16(18,19)26-13-5-3-12(4-6-13)23-15(20)22-10-9-11-1-7-14(8-2-11)27(21,24)25/h1-8H,9-10H2,(H3,20,22,23)(H2,21,24,25). The highest BCUT2D eigenvalue weighted by atomic mass is 32.2. The van der Waals surface area contributed by atoms with Gasteiger partial charge in [0.2, 0.25) is 10.0 Å². The Balaban J connectivity index is 1.87. The van der Waals surface area contributed by atoms with Gasteiger partial charge in [-0.2, -0.15) is 0 Å². The summed E-state index contributed by atoms with van der Waals surface area (Å²) in [6.07, 6.45) is -4.24. The van der Waals surface area contributed by atoms with Crippen LogP contribution in [0.3, 0.4) is 0 Å². The molecule has 146 valence electrons. The van der Waals surface area contributed by atoms with Crippen molar-refractivity contribution in [2.45, 2.75) is 17.7 Å². The van der Waals surface area contributed by atoms with E-state index in [2.05, 4.69) is 15.0 Å². The molecule has 0 aromatic heterocycles. The summed E-state index contributed by atoms with van der Waals surface area (Å²) in [5.41, 5.74) is 7.01. The topological polar surface area (TPSA) is 120 Å². The number of hydrogen-bond acceptors (Lipinski definition) is 4. The molecule has 7 nitrogen and oxygen atoms in total. The molecule has 5 N–H and O–H groups in total. The SMILES string of the molecule is NC(=NCCc1ccc(S(N)(=O)=O)cc1)Nc1ccc(OC(F)(F)F)cc1. The van der Waals surface area contributed by atoms with Gasteiger partial charge in [-0.05, 0) is 48.4 Å². The molecule has 0 unspecified atom stereocenters. The molecule has 2 aromatic rings. The Morgan fingerprint density at radius 2 is 1.67 bits per heavy atom. The third kappa shape index (κ3) is 7.15. The van der Waals surface area contributed by atoms with Crippen molar-refractivity contribution in [2.24, 2.45) is 15.9 Å². The van der Waals surface area contributed by atoms with Gasteiger partial charge in [0, 0.05) is 12.2 Å². The van der Waals surface area contributed by atoms with Crippen LogP contribution in [-0.4, -0.2) is 27.3 Å². The average molecular weight is 402 g/mol. The van der Waals surface area contributed by atoms with Crippen LogP contribution in [0, 0.1) is 0 Å². The Morgan fingerprint density at radius 1 is 1.07 bits per heavy atom. The summed E-state index contributed by atoms with van der Waals surface area (Å²) in [7, 11) is -3.73. The van der Waals surface area contributed by atoms with Gasteiger partial charge in [0.1, 0.15) is 5.75 Å². The molecule has 0 aliphatic carbocycles. The lowest BCUT2D eigenvalue weighted by Gasteiger charge is -2.10. The molecular weight excluding hydrogens is 385 g/mol. The fourth-order valence-electron chi connectivity index (χ4n) is 2.08. The van der Waals surface area contributed by atoms with Crippen LogP contribution in [-0.2, 0) is 16.4 Å². The van der Waals surface area contributed by atoms with E-state index >= 15 is 0 Å². The Hall–Kier alpha value is -2.79. The summed E-state index contributed by atoms with van der Waals surface area (Å²) in [5.74, 6) is -0.257. The van der Waals surface area contributed by atoms with E-state index in [1.807, 2.05) is 0 Å². The van der Waals surface area contributed by atoms with Crippen LogP contribution in [0.15, 0.2) is 58.4 Å². The molecule has 0 saturated heterocycles. The normalized spacial score (nSPS) is 12.7. The molecule has 0 fully saturated rings. The minimum atomic E-state index is -4.75. The van der Waals surface area contributed by atoms with Crippen molar-refractivity contribution in [3.05, 3.63) is 54.1 Å². The fraction of sp³-hybridized carbons (Fsp3) is 0.188. The predicted octanol–water partition coefficient (Wildman–Crippen LogP) is 2.20. The van der Waals surface area contributed by atoms with Gasteiger partial charge in [0.25, 0.3) is 0 Å². The van der Waals surface area contributed by atoms with E-state index in [4.69, 9.17) is 10.9 Å². The van der Waals surface area contributed by atoms with Crippen LogP contribution < -0.4 is 20.9 Å². The summed E-state index contributed by atoms with van der Waals surface area (Å²) in [4.78, 5) is 4.12. The number of ether oxygens (including phenoxy) is 1. The molecule has 0 heterocycles. The number of rotatable bonds is 6. The fourth-order valence-corrected chi connectivity index (χ4v) is 2.59. The quantitative estimate of drug-likeness (QED) is 0.505. The number of guanidine groups is 1. The minimum Gasteiger partial charge on any atom is -0.406 e. The molecule has 2 aromatic carbocycles. The Morgan fingerprint density at radius 3 is 2.19 bits per heavy atom. The van der Waals surface area contributed by atoms with Crippen molar-refractivity contribution in [3.8, 4) is 5.75 Å². The van der Waals surface area contributed by atoms with Crippen LogP contribution in [0.2, 0.25) is 0 Å². The first-order valence-electron chi connectivity index (χ1n) is 7.57. The maximum absolute atomic E-state index is 12.1. The zero-order valence-corrected chi connectivity index (χ0v) is 14.7. The monoisotopic (exact) mass is 402 g/mol. The third-order valence-corrected chi connectivity index (χ3v) is 4.22. The summed E-state index contributed by atoms with van der Waals surface area (Å²) >= 11 is 0. The number of halogens is 3. The van der Waals surface area contributed by atoms with Gasteiger partial charge in [-0.15, -0.1) is 13.2 Å². The van der Waals surface area contributed by atoms with Gasteiger partial charge in [-0.25, -0.2) is 13.6 Å². The lowest BCUT2D eigenvalue weighted by molar-refractivity contribution is -0.274. The molecule has 11 heteroatoms. The van der Waals surface area contributed by atoms with Crippen molar-refractivity contribution in [3.63, 3.8) is 0 Å². The van der Waals surface area contributed by atoms with Gasteiger partial charge in [0.15, 0.2) is 5.96 Å². The van der Waals surface area contributed by atoms with E-state index in [0.29, 0.717) is 18.7 Å². The van der Waals surface area contributed by atoms with E-state index in [1.165, 1.54) is 24.3 Å². The molecule has 0 aliphatic heterocycles. The number of nitrogens with zero attached hydrogens (tertiary/aromatic N) is 1. The van der Waals surface area contributed by atoms with Crippen LogP contribution >= 0.6 is 0 Å². The van der Waals surface area contributed by atoms with E-state index in [1.54, 1.807) is 12.1 Å². The van der Waals surface area contributed by atoms with Gasteiger partial charge >= 0.3 is 6.36 Å². The van der Waals surface area contributed by atoms with Gasteiger partial charge < -0.3 is 15.8 Å². The number of sulfonamides is 1. The largest absolute Gasteiger partial charge is 0.573 e. The number of benzene rings is 2. The molecular formula is C16H17F3N4O3S. The van der Waals surface area contributed by atoms with Crippen molar-refractivity contribution in [1.82, 2.24) is 0 Å².